The van der Waals surface area contributed by atoms with Crippen molar-refractivity contribution >= 4 is 60.7 Å². The molecular weight excluding hydrogens is 717 g/mol. The Hall–Kier alpha value is -4.20. The fourth-order valence-corrected chi connectivity index (χ4v) is 9.46. The number of nitrogen functional groups attached to an aromatic ring is 1. The Kier molecular flexibility index (Phi) is 8.50. The van der Waals surface area contributed by atoms with Crippen molar-refractivity contribution in [2.24, 2.45) is 0 Å². The first-order chi connectivity index (χ1) is 24.5. The normalized spacial score (nSPS) is 25.1. The lowest BCUT2D eigenvalue weighted by Crippen LogP contribution is -2.51. The molecule has 51 heavy (non-hydrogen) atoms. The molecule has 3 saturated heterocycles. The quantitative estimate of drug-likeness (QED) is 0.224. The summed E-state index contributed by atoms with van der Waals surface area (Å²) >= 11 is 7.85. The third kappa shape index (κ3) is 5.55. The highest BCUT2D eigenvalue weighted by Gasteiger charge is 2.49. The maximum Gasteiger partial charge on any atom is 0.319 e. The molecule has 1 amide bonds. The topological polar surface area (TPSA) is 130 Å². The Morgan fingerprint density at radius 2 is 2.06 bits per heavy atom. The Morgan fingerprint density at radius 1 is 1.24 bits per heavy atom. The van der Waals surface area contributed by atoms with Gasteiger partial charge in [-0.3, -0.25) is 9.69 Å². The molecule has 268 valence electrons. The number of benzene rings is 2. The van der Waals surface area contributed by atoms with Crippen LogP contribution < -0.4 is 25.4 Å². The van der Waals surface area contributed by atoms with Gasteiger partial charge in [0.15, 0.2) is 11.6 Å². The lowest BCUT2D eigenvalue weighted by atomic mass is 9.95. The highest BCUT2D eigenvalue weighted by molar-refractivity contribution is 7.23. The summed E-state index contributed by atoms with van der Waals surface area (Å²) in [7, 11) is 0. The summed E-state index contributed by atoms with van der Waals surface area (Å²) in [5.41, 5.74) is 4.98. The van der Waals surface area contributed by atoms with Crippen molar-refractivity contribution in [2.45, 2.75) is 68.7 Å². The number of fused-ring (bicyclic) bond motifs is 4. The zero-order valence-electron chi connectivity index (χ0n) is 27.0. The van der Waals surface area contributed by atoms with Crippen molar-refractivity contribution in [3.63, 3.8) is 0 Å². The van der Waals surface area contributed by atoms with Gasteiger partial charge < -0.3 is 25.4 Å². The van der Waals surface area contributed by atoms with Crippen molar-refractivity contribution < 1.29 is 36.2 Å². The summed E-state index contributed by atoms with van der Waals surface area (Å²) < 4.78 is 87.2. The maximum absolute atomic E-state index is 17.3. The first kappa shape index (κ1) is 33.9. The largest absolute Gasteiger partial charge is 0.491 e. The van der Waals surface area contributed by atoms with Crippen LogP contribution in [-0.2, 0) is 4.79 Å². The van der Waals surface area contributed by atoms with Crippen LogP contribution >= 0.6 is 22.9 Å². The summed E-state index contributed by atoms with van der Waals surface area (Å²) in [6.45, 7) is 1.00. The number of anilines is 2. The molecule has 8 rings (SSSR count). The second-order valence-corrected chi connectivity index (χ2v) is 14.9. The zero-order chi connectivity index (χ0) is 35.8. The molecule has 10 nitrogen and oxygen atoms in total. The predicted molar refractivity (Wildman–Crippen MR) is 181 cm³/mol. The molecule has 6 heterocycles. The molecule has 0 aliphatic carbocycles. The molecule has 4 aromatic rings. The molecule has 0 spiro atoms. The Bertz CT molecular complexity index is 2130. The van der Waals surface area contributed by atoms with Crippen LogP contribution in [0.3, 0.4) is 0 Å². The molecule has 3 N–H and O–H groups in total. The van der Waals surface area contributed by atoms with E-state index in [-0.39, 0.29) is 117 Å². The number of ether oxygens (including phenoxy) is 2. The zero-order valence-corrected chi connectivity index (χ0v) is 28.5. The van der Waals surface area contributed by atoms with Gasteiger partial charge in [0.25, 0.3) is 6.43 Å². The van der Waals surface area contributed by atoms with E-state index in [1.165, 1.54) is 6.07 Å². The lowest BCUT2D eigenvalue weighted by molar-refractivity contribution is -0.123. The van der Waals surface area contributed by atoms with Crippen LogP contribution in [0.5, 0.6) is 11.8 Å². The SMILES string of the molecule is N#Cc1c(N)sc2c(F)ccc(-c3c(Cl)c4c5c(nc(OCC67CCCN6C[C@H](F)C7)nc5c3F)N3CCC(C(F)F)NC(=O)CC3CCO4)c12. The second kappa shape index (κ2) is 12.8. The molecule has 4 atom stereocenters. The van der Waals surface area contributed by atoms with Gasteiger partial charge in [-0.25, -0.2) is 22.0 Å². The summed E-state index contributed by atoms with van der Waals surface area (Å²) in [6.07, 6.45) is -2.14. The fourth-order valence-electron chi connectivity index (χ4n) is 8.18. The van der Waals surface area contributed by atoms with E-state index in [4.69, 9.17) is 31.8 Å². The van der Waals surface area contributed by atoms with Crippen LogP contribution in [-0.4, -0.2) is 83.8 Å². The van der Waals surface area contributed by atoms with Gasteiger partial charge in [-0.05, 0) is 37.4 Å². The molecule has 0 saturated carbocycles. The minimum atomic E-state index is -2.83. The van der Waals surface area contributed by atoms with Gasteiger partial charge in [-0.15, -0.1) is 11.3 Å². The molecule has 2 aromatic heterocycles. The van der Waals surface area contributed by atoms with Crippen LogP contribution in [0.4, 0.5) is 32.8 Å². The standard InChI is InChI=1S/C34H31ClF5N7O3S/c35-25-23(17-2-3-19(37)29-22(17)18(12-41)31(42)51-29)26(38)27-24-28(25)49-9-5-16-10-21(48)43-20(30(39)40)4-8-47(16)32(24)45-33(44-27)50-14-34-6-1-7-46(34)13-15(36)11-34/h2-3,15-16,20,30H,1,4-11,13-14,42H2,(H,43,48)/t15-,16?,20?,34?/m1/s1. The van der Waals surface area contributed by atoms with Crippen molar-refractivity contribution in [1.82, 2.24) is 20.2 Å². The van der Waals surface area contributed by atoms with E-state index in [0.29, 0.717) is 13.0 Å². The van der Waals surface area contributed by atoms with E-state index in [2.05, 4.69) is 10.3 Å². The van der Waals surface area contributed by atoms with Gasteiger partial charge in [0.1, 0.15) is 41.0 Å². The summed E-state index contributed by atoms with van der Waals surface area (Å²) in [5, 5.41) is 12.3. The first-order valence-electron chi connectivity index (χ1n) is 16.6. The number of nitrogens with one attached hydrogen (secondary N) is 1. The van der Waals surface area contributed by atoms with Gasteiger partial charge >= 0.3 is 6.01 Å². The number of nitrogens with two attached hydrogens (primary N) is 1. The van der Waals surface area contributed by atoms with Crippen LogP contribution in [0.1, 0.15) is 44.1 Å². The highest BCUT2D eigenvalue weighted by Crippen LogP contribution is 2.51. The molecule has 0 bridgehead atoms. The van der Waals surface area contributed by atoms with E-state index in [1.54, 1.807) is 4.90 Å². The summed E-state index contributed by atoms with van der Waals surface area (Å²) in [5.74, 6) is -2.15. The third-order valence-corrected chi connectivity index (χ3v) is 11.9. The van der Waals surface area contributed by atoms with Gasteiger partial charge in [0.2, 0.25) is 5.91 Å². The number of carbonyl (C=O) groups excluding carboxylic acids is 1. The number of hydrogen-bond acceptors (Lipinski definition) is 10. The van der Waals surface area contributed by atoms with Gasteiger partial charge in [0.05, 0.1) is 38.9 Å². The Morgan fingerprint density at radius 3 is 2.84 bits per heavy atom. The third-order valence-electron chi connectivity index (χ3n) is 10.5. The van der Waals surface area contributed by atoms with E-state index in [9.17, 15) is 23.2 Å². The smallest absolute Gasteiger partial charge is 0.319 e. The predicted octanol–water partition coefficient (Wildman–Crippen LogP) is 6.35. The second-order valence-electron chi connectivity index (χ2n) is 13.5. The molecule has 0 radical (unpaired) electrons. The number of nitriles is 1. The van der Waals surface area contributed by atoms with E-state index < -0.39 is 47.8 Å². The van der Waals surface area contributed by atoms with Crippen LogP contribution in [0.15, 0.2) is 12.1 Å². The summed E-state index contributed by atoms with van der Waals surface area (Å²) in [6, 6.07) is 2.15. The van der Waals surface area contributed by atoms with Crippen LogP contribution in [0.25, 0.3) is 32.1 Å². The maximum atomic E-state index is 17.3. The van der Waals surface area contributed by atoms with Gasteiger partial charge in [-0.2, -0.15) is 15.2 Å². The number of rotatable bonds is 5. The number of halogens is 6. The highest BCUT2D eigenvalue weighted by atomic mass is 35.5. The van der Waals surface area contributed by atoms with E-state index >= 15 is 8.78 Å². The molecule has 17 heteroatoms. The van der Waals surface area contributed by atoms with Crippen molar-refractivity contribution in [3.8, 4) is 29.0 Å². The lowest BCUT2D eigenvalue weighted by Gasteiger charge is -2.38. The van der Waals surface area contributed by atoms with Gasteiger partial charge in [0, 0.05) is 49.3 Å². The number of amides is 1. The molecule has 4 aliphatic rings. The minimum Gasteiger partial charge on any atom is -0.491 e. The van der Waals surface area contributed by atoms with Crippen molar-refractivity contribution in [1.29, 1.82) is 5.26 Å². The number of thiophene rings is 1. The number of hydrogen-bond donors (Lipinski definition) is 2. The molecular formula is C34H31ClF5N7O3S. The average molecular weight is 748 g/mol. The van der Waals surface area contributed by atoms with Crippen molar-refractivity contribution in [2.75, 3.05) is 43.5 Å². The molecule has 3 unspecified atom stereocenters. The first-order valence-corrected chi connectivity index (χ1v) is 17.8. The van der Waals surface area contributed by atoms with E-state index in [1.807, 2.05) is 11.0 Å². The molecule has 3 fully saturated rings. The molecule has 2 aromatic carbocycles. The Labute approximate surface area is 297 Å². The summed E-state index contributed by atoms with van der Waals surface area (Å²) in [4.78, 5) is 25.8. The van der Waals surface area contributed by atoms with Crippen molar-refractivity contribution in [3.05, 3.63) is 34.4 Å². The molecule has 4 aliphatic heterocycles. The number of nitrogens with zero attached hydrogens (tertiary/aromatic N) is 5. The van der Waals surface area contributed by atoms with Crippen LogP contribution in [0.2, 0.25) is 5.02 Å². The monoisotopic (exact) mass is 747 g/mol. The fraction of sp³-hybridized carbons (Fsp3) is 0.471. The number of alkyl halides is 3. The number of carbonyl (C=O) groups is 1. The number of aromatic nitrogens is 2. The van der Waals surface area contributed by atoms with Crippen LogP contribution in [0, 0.1) is 23.0 Å². The van der Waals surface area contributed by atoms with E-state index in [0.717, 1.165) is 23.8 Å². The van der Waals surface area contributed by atoms with Gasteiger partial charge in [-0.1, -0.05) is 17.7 Å². The minimum absolute atomic E-state index is 0.000726. The Balaban J connectivity index is 1.35. The average Bonchev–Trinajstić information content (AvgIpc) is 3.73.